The highest BCUT2D eigenvalue weighted by Gasteiger charge is 2.10. The maximum absolute atomic E-state index is 2.51. The van der Waals surface area contributed by atoms with Gasteiger partial charge in [0.2, 0.25) is 0 Å². The monoisotopic (exact) mass is 282 g/mol. The first kappa shape index (κ1) is 16.1. The van der Waals surface area contributed by atoms with E-state index >= 15 is 0 Å². The second kappa shape index (κ2) is 8.22. The lowest BCUT2D eigenvalue weighted by Gasteiger charge is -2.17. The molecule has 2 aliphatic rings. The van der Waals surface area contributed by atoms with Crippen LogP contribution in [-0.2, 0) is 0 Å². The van der Waals surface area contributed by atoms with E-state index in [1.807, 2.05) is 0 Å². The van der Waals surface area contributed by atoms with Crippen molar-refractivity contribution in [1.29, 1.82) is 0 Å². The van der Waals surface area contributed by atoms with Crippen molar-refractivity contribution in [2.75, 3.05) is 0 Å². The van der Waals surface area contributed by atoms with Crippen molar-refractivity contribution in [2.24, 2.45) is 11.8 Å². The van der Waals surface area contributed by atoms with Crippen molar-refractivity contribution in [3.63, 3.8) is 0 Å². The first-order valence-electron chi connectivity index (χ1n) is 8.50. The second-order valence-corrected chi connectivity index (χ2v) is 6.81. The van der Waals surface area contributed by atoms with Gasteiger partial charge in [0.05, 0.1) is 0 Å². The van der Waals surface area contributed by atoms with Crippen LogP contribution in [0.2, 0.25) is 0 Å². The molecule has 0 bridgehead atoms. The summed E-state index contributed by atoms with van der Waals surface area (Å²) in [4.78, 5) is 0. The molecule has 0 heterocycles. The Morgan fingerprint density at radius 1 is 1.19 bits per heavy atom. The molecule has 2 aliphatic carbocycles. The van der Waals surface area contributed by atoms with Gasteiger partial charge in [-0.2, -0.15) is 0 Å². The van der Waals surface area contributed by atoms with Gasteiger partial charge in [-0.05, 0) is 62.9 Å². The van der Waals surface area contributed by atoms with E-state index in [9.17, 15) is 0 Å². The molecule has 0 spiro atoms. The molecule has 0 aromatic heterocycles. The molecule has 0 saturated carbocycles. The molecule has 0 aromatic rings. The summed E-state index contributed by atoms with van der Waals surface area (Å²) in [7, 11) is 0. The first-order chi connectivity index (χ1) is 10.1. The Morgan fingerprint density at radius 3 is 2.90 bits per heavy atom. The Bertz CT molecular complexity index is 482. The van der Waals surface area contributed by atoms with Crippen LogP contribution < -0.4 is 0 Å². The highest BCUT2D eigenvalue weighted by molar-refractivity contribution is 5.28. The van der Waals surface area contributed by atoms with Crippen LogP contribution in [-0.4, -0.2) is 0 Å². The average Bonchev–Trinajstić information content (AvgIpc) is 2.65. The summed E-state index contributed by atoms with van der Waals surface area (Å²) in [5.41, 5.74) is 4.61. The normalized spacial score (nSPS) is 26.6. The van der Waals surface area contributed by atoms with Crippen LogP contribution in [0.15, 0.2) is 59.3 Å². The van der Waals surface area contributed by atoms with Crippen molar-refractivity contribution in [2.45, 2.75) is 59.3 Å². The van der Waals surface area contributed by atoms with Crippen molar-refractivity contribution >= 4 is 0 Å². The Kier molecular flexibility index (Phi) is 6.29. The van der Waals surface area contributed by atoms with Gasteiger partial charge in [0.1, 0.15) is 0 Å². The highest BCUT2D eigenvalue weighted by Crippen LogP contribution is 2.26. The minimum atomic E-state index is 0.661. The first-order valence-corrected chi connectivity index (χ1v) is 8.50. The summed E-state index contributed by atoms with van der Waals surface area (Å²) in [5.74, 6) is 1.45. The molecule has 2 atom stereocenters. The fraction of sp³-hybridized carbons (Fsp3) is 0.524. The van der Waals surface area contributed by atoms with E-state index in [2.05, 4.69) is 63.3 Å². The van der Waals surface area contributed by atoms with Crippen LogP contribution >= 0.6 is 0 Å². The Hall–Kier alpha value is -1.30. The molecular weight excluding hydrogens is 252 g/mol. The lowest BCUT2D eigenvalue weighted by atomic mass is 9.89. The standard InChI is InChI=1S/C21H30/c1-17-8-5-7-11-21(15-12-17)19(3)13-14-20-10-6-4-9-18(2)16-20/h5-7,9-10,14-15,17,19H,4,8,11-13,16H2,1-3H3. The van der Waals surface area contributed by atoms with Crippen molar-refractivity contribution in [3.8, 4) is 0 Å². The topological polar surface area (TPSA) is 0 Å². The van der Waals surface area contributed by atoms with Gasteiger partial charge in [-0.15, -0.1) is 0 Å². The molecule has 0 radical (unpaired) electrons. The summed E-state index contributed by atoms with van der Waals surface area (Å²) in [6, 6.07) is 0. The zero-order valence-corrected chi connectivity index (χ0v) is 13.9. The molecule has 0 heteroatoms. The minimum Gasteiger partial charge on any atom is -0.0879 e. The number of hydrogen-bond donors (Lipinski definition) is 0. The predicted molar refractivity (Wildman–Crippen MR) is 94.2 cm³/mol. The second-order valence-electron chi connectivity index (χ2n) is 6.81. The largest absolute Gasteiger partial charge is 0.0879 e. The molecule has 0 fully saturated rings. The third-order valence-corrected chi connectivity index (χ3v) is 4.62. The maximum Gasteiger partial charge on any atom is -0.00731 e. The third kappa shape index (κ3) is 5.53. The van der Waals surface area contributed by atoms with Crippen molar-refractivity contribution in [1.82, 2.24) is 0 Å². The van der Waals surface area contributed by atoms with E-state index in [1.165, 1.54) is 30.4 Å². The smallest absolute Gasteiger partial charge is 0.00731 e. The quantitative estimate of drug-likeness (QED) is 0.516. The molecule has 114 valence electrons. The highest BCUT2D eigenvalue weighted by atomic mass is 14.2. The van der Waals surface area contributed by atoms with Gasteiger partial charge < -0.3 is 0 Å². The van der Waals surface area contributed by atoms with Gasteiger partial charge in [-0.1, -0.05) is 67.5 Å². The van der Waals surface area contributed by atoms with E-state index < -0.39 is 0 Å². The van der Waals surface area contributed by atoms with E-state index in [0.29, 0.717) is 5.92 Å². The molecule has 0 saturated heterocycles. The van der Waals surface area contributed by atoms with Gasteiger partial charge in [-0.3, -0.25) is 0 Å². The lowest BCUT2D eigenvalue weighted by Crippen LogP contribution is -2.02. The third-order valence-electron chi connectivity index (χ3n) is 4.62. The van der Waals surface area contributed by atoms with Crippen molar-refractivity contribution < 1.29 is 0 Å². The summed E-state index contributed by atoms with van der Waals surface area (Å²) in [6.07, 6.45) is 23.6. The van der Waals surface area contributed by atoms with E-state index in [1.54, 1.807) is 5.57 Å². The van der Waals surface area contributed by atoms with Crippen LogP contribution in [0, 0.1) is 11.8 Å². The lowest BCUT2D eigenvalue weighted by molar-refractivity contribution is 0.582. The van der Waals surface area contributed by atoms with Crippen LogP contribution in [0.3, 0.4) is 0 Å². The summed E-state index contributed by atoms with van der Waals surface area (Å²) in [5, 5.41) is 0. The average molecular weight is 282 g/mol. The fourth-order valence-corrected chi connectivity index (χ4v) is 3.04. The molecule has 0 N–H and O–H groups in total. The fourth-order valence-electron chi connectivity index (χ4n) is 3.04. The Balaban J connectivity index is 1.97. The molecule has 0 aromatic carbocycles. The van der Waals surface area contributed by atoms with E-state index in [4.69, 9.17) is 0 Å². The Morgan fingerprint density at radius 2 is 2.05 bits per heavy atom. The van der Waals surface area contributed by atoms with Gasteiger partial charge in [0, 0.05) is 0 Å². The van der Waals surface area contributed by atoms with Gasteiger partial charge in [0.25, 0.3) is 0 Å². The number of rotatable bonds is 3. The zero-order chi connectivity index (χ0) is 15.1. The number of allylic oxidation sites excluding steroid dienone is 10. The summed E-state index contributed by atoms with van der Waals surface area (Å²) >= 11 is 0. The SMILES string of the molecule is CC1=CCC=CC(=CCC(C)C2=CCC(C)CC=CC2)C1. The number of hydrogen-bond acceptors (Lipinski definition) is 0. The van der Waals surface area contributed by atoms with Gasteiger partial charge in [0.15, 0.2) is 0 Å². The van der Waals surface area contributed by atoms with Crippen LogP contribution in [0.1, 0.15) is 59.3 Å². The summed E-state index contributed by atoms with van der Waals surface area (Å²) in [6.45, 7) is 6.97. The minimum absolute atomic E-state index is 0.661. The zero-order valence-electron chi connectivity index (χ0n) is 13.9. The Labute approximate surface area is 131 Å². The van der Waals surface area contributed by atoms with E-state index in [-0.39, 0.29) is 0 Å². The molecule has 0 aliphatic heterocycles. The van der Waals surface area contributed by atoms with Crippen molar-refractivity contribution in [3.05, 3.63) is 59.3 Å². The van der Waals surface area contributed by atoms with E-state index in [0.717, 1.165) is 25.2 Å². The molecule has 2 rings (SSSR count). The molecule has 21 heavy (non-hydrogen) atoms. The molecular formula is C21H30. The van der Waals surface area contributed by atoms with Gasteiger partial charge in [-0.25, -0.2) is 0 Å². The van der Waals surface area contributed by atoms with Crippen LogP contribution in [0.4, 0.5) is 0 Å². The van der Waals surface area contributed by atoms with Crippen LogP contribution in [0.25, 0.3) is 0 Å². The predicted octanol–water partition coefficient (Wildman–Crippen LogP) is 6.54. The molecule has 2 unspecified atom stereocenters. The van der Waals surface area contributed by atoms with Gasteiger partial charge >= 0.3 is 0 Å². The maximum atomic E-state index is 2.51. The molecule has 0 nitrogen and oxygen atoms in total. The summed E-state index contributed by atoms with van der Waals surface area (Å²) < 4.78 is 0. The molecule has 0 amide bonds. The van der Waals surface area contributed by atoms with Crippen LogP contribution in [0.5, 0.6) is 0 Å².